The number of pyridine rings is 1. The van der Waals surface area contributed by atoms with Gasteiger partial charge >= 0.3 is 0 Å². The Hall–Kier alpha value is -3.09. The minimum absolute atomic E-state index is 0.133. The van der Waals surface area contributed by atoms with Crippen molar-refractivity contribution >= 4 is 16.6 Å². The van der Waals surface area contributed by atoms with Crippen LogP contribution in [0, 0.1) is 0 Å². The fourth-order valence-corrected chi connectivity index (χ4v) is 4.59. The van der Waals surface area contributed by atoms with Gasteiger partial charge in [0, 0.05) is 35.4 Å². The lowest BCUT2D eigenvalue weighted by molar-refractivity contribution is 0.216. The van der Waals surface area contributed by atoms with E-state index in [0.29, 0.717) is 30.2 Å². The van der Waals surface area contributed by atoms with Crippen LogP contribution in [0.15, 0.2) is 54.3 Å². The number of aromatic nitrogens is 1. The van der Waals surface area contributed by atoms with Gasteiger partial charge in [0.2, 0.25) is 0 Å². The molecule has 154 valence electrons. The number of phenols is 2. The van der Waals surface area contributed by atoms with E-state index in [4.69, 9.17) is 9.72 Å². The van der Waals surface area contributed by atoms with Gasteiger partial charge in [0.25, 0.3) is 0 Å². The lowest BCUT2D eigenvalue weighted by Gasteiger charge is -2.31. The third kappa shape index (κ3) is 2.68. The Bertz CT molecular complexity index is 1170. The molecule has 1 saturated carbocycles. The van der Waals surface area contributed by atoms with Crippen LogP contribution in [0.3, 0.4) is 0 Å². The maximum Gasteiger partial charge on any atom is 0.159 e. The SMILES string of the molecule is C=CC(O)C1=C(COC)C(=C)N2Cc3c(nc4cc(O)c(O)cc4c3C3CC3)C2=C1. The van der Waals surface area contributed by atoms with Crippen LogP contribution in [0.1, 0.15) is 35.6 Å². The van der Waals surface area contributed by atoms with Crippen molar-refractivity contribution in [2.75, 3.05) is 13.7 Å². The van der Waals surface area contributed by atoms with E-state index in [1.807, 2.05) is 6.08 Å². The molecule has 0 amide bonds. The highest BCUT2D eigenvalue weighted by Gasteiger charge is 2.39. The molecule has 0 bridgehead atoms. The zero-order chi connectivity index (χ0) is 21.2. The molecule has 6 heteroatoms. The molecule has 3 heterocycles. The highest BCUT2D eigenvalue weighted by atomic mass is 16.5. The second-order valence-electron chi connectivity index (χ2n) is 8.09. The average Bonchev–Trinajstić information content (AvgIpc) is 3.50. The van der Waals surface area contributed by atoms with Crippen LogP contribution in [-0.2, 0) is 11.3 Å². The first-order valence-electron chi connectivity index (χ1n) is 10.0. The fourth-order valence-electron chi connectivity index (χ4n) is 4.59. The number of fused-ring (bicyclic) bond motifs is 4. The molecule has 1 aromatic carbocycles. The molecule has 6 nitrogen and oxygen atoms in total. The van der Waals surface area contributed by atoms with Crippen LogP contribution >= 0.6 is 0 Å². The Balaban J connectivity index is 1.76. The van der Waals surface area contributed by atoms with Gasteiger partial charge in [0.1, 0.15) is 0 Å². The predicted molar refractivity (Wildman–Crippen MR) is 115 cm³/mol. The number of nitrogens with zero attached hydrogens (tertiary/aromatic N) is 2. The lowest BCUT2D eigenvalue weighted by Crippen LogP contribution is -2.25. The topological polar surface area (TPSA) is 86.1 Å². The van der Waals surface area contributed by atoms with E-state index in [1.54, 1.807) is 13.2 Å². The molecule has 2 aromatic rings. The number of phenolic OH excluding ortho intramolecular Hbond substituents is 2. The van der Waals surface area contributed by atoms with E-state index in [0.717, 1.165) is 46.5 Å². The molecule has 30 heavy (non-hydrogen) atoms. The summed E-state index contributed by atoms with van der Waals surface area (Å²) in [6.45, 7) is 8.98. The summed E-state index contributed by atoms with van der Waals surface area (Å²) in [5.41, 5.74) is 6.99. The molecule has 0 saturated heterocycles. The minimum atomic E-state index is -0.838. The molecular formula is C24H24N2O4. The van der Waals surface area contributed by atoms with Gasteiger partial charge in [-0.05, 0) is 42.0 Å². The second kappa shape index (κ2) is 6.72. The fraction of sp³-hybridized carbons (Fsp3) is 0.292. The van der Waals surface area contributed by atoms with E-state index in [2.05, 4.69) is 18.1 Å². The first-order chi connectivity index (χ1) is 14.4. The van der Waals surface area contributed by atoms with Crippen LogP contribution < -0.4 is 0 Å². The first kappa shape index (κ1) is 18.9. The van der Waals surface area contributed by atoms with Gasteiger partial charge in [0.15, 0.2) is 11.5 Å². The predicted octanol–water partition coefficient (Wildman–Crippen LogP) is 3.70. The molecule has 1 fully saturated rings. The monoisotopic (exact) mass is 404 g/mol. The number of aromatic hydroxyl groups is 2. The summed E-state index contributed by atoms with van der Waals surface area (Å²) in [6, 6.07) is 3.14. The molecule has 3 aliphatic rings. The molecule has 1 aromatic heterocycles. The van der Waals surface area contributed by atoms with Crippen molar-refractivity contribution in [2.45, 2.75) is 31.4 Å². The van der Waals surface area contributed by atoms with Crippen LogP contribution in [0.5, 0.6) is 11.5 Å². The molecule has 1 aliphatic carbocycles. The van der Waals surface area contributed by atoms with E-state index in [-0.39, 0.29) is 11.5 Å². The van der Waals surface area contributed by atoms with Crippen LogP contribution in [-0.4, -0.2) is 45.0 Å². The molecule has 1 unspecified atom stereocenters. The standard InChI is InChI=1S/C24H24N2O4/c1-4-20(27)14-7-19-24-16(10-26(19)12(2)17(14)11-30-3)23(13-5-6-13)15-8-21(28)22(29)9-18(15)25-24/h4,7-9,13,20,27-29H,1-2,5-6,10-11H2,3H3. The summed E-state index contributed by atoms with van der Waals surface area (Å²) in [5, 5.41) is 31.5. The maximum absolute atomic E-state index is 10.5. The molecule has 0 radical (unpaired) electrons. The first-order valence-corrected chi connectivity index (χ1v) is 10.0. The maximum atomic E-state index is 10.5. The summed E-state index contributed by atoms with van der Waals surface area (Å²) in [7, 11) is 1.62. The van der Waals surface area contributed by atoms with Gasteiger partial charge in [-0.2, -0.15) is 0 Å². The number of aliphatic hydroxyl groups excluding tert-OH is 1. The summed E-state index contributed by atoms with van der Waals surface area (Å²) in [4.78, 5) is 6.96. The van der Waals surface area contributed by atoms with Crippen LogP contribution in [0.25, 0.3) is 16.6 Å². The third-order valence-electron chi connectivity index (χ3n) is 6.21. The van der Waals surface area contributed by atoms with Crippen molar-refractivity contribution in [1.29, 1.82) is 0 Å². The number of hydrogen-bond donors (Lipinski definition) is 3. The molecular weight excluding hydrogens is 380 g/mol. The largest absolute Gasteiger partial charge is 0.504 e. The van der Waals surface area contributed by atoms with Gasteiger partial charge in [-0.1, -0.05) is 12.7 Å². The van der Waals surface area contributed by atoms with Crippen LogP contribution in [0.2, 0.25) is 0 Å². The van der Waals surface area contributed by atoms with Crippen molar-refractivity contribution < 1.29 is 20.1 Å². The second-order valence-corrected chi connectivity index (χ2v) is 8.09. The van der Waals surface area contributed by atoms with Gasteiger partial charge < -0.3 is 25.0 Å². The summed E-state index contributed by atoms with van der Waals surface area (Å²) in [5.74, 6) is 0.109. The van der Waals surface area contributed by atoms with E-state index in [9.17, 15) is 15.3 Å². The average molecular weight is 404 g/mol. The lowest BCUT2D eigenvalue weighted by atomic mass is 9.94. The van der Waals surface area contributed by atoms with E-state index < -0.39 is 6.10 Å². The Morgan fingerprint density at radius 3 is 2.70 bits per heavy atom. The molecule has 0 spiro atoms. The van der Waals surface area contributed by atoms with Gasteiger partial charge in [-0.15, -0.1) is 6.58 Å². The summed E-state index contributed by atoms with van der Waals surface area (Å²) >= 11 is 0. The number of hydrogen-bond acceptors (Lipinski definition) is 6. The Kier molecular flexibility index (Phi) is 4.24. The van der Waals surface area contributed by atoms with Crippen molar-refractivity contribution in [1.82, 2.24) is 9.88 Å². The van der Waals surface area contributed by atoms with E-state index in [1.165, 1.54) is 17.7 Å². The zero-order valence-electron chi connectivity index (χ0n) is 16.9. The summed E-state index contributed by atoms with van der Waals surface area (Å²) < 4.78 is 5.37. The Morgan fingerprint density at radius 1 is 1.30 bits per heavy atom. The highest BCUT2D eigenvalue weighted by Crippen LogP contribution is 2.51. The molecule has 1 atom stereocenters. The molecule has 3 N–H and O–H groups in total. The summed E-state index contributed by atoms with van der Waals surface area (Å²) in [6.07, 6.45) is 4.79. The van der Waals surface area contributed by atoms with Crippen molar-refractivity contribution in [3.63, 3.8) is 0 Å². The highest BCUT2D eigenvalue weighted by molar-refractivity contribution is 5.91. The Labute approximate surface area is 174 Å². The van der Waals surface area contributed by atoms with Crippen LogP contribution in [0.4, 0.5) is 0 Å². The quantitative estimate of drug-likeness (QED) is 0.520. The zero-order valence-corrected chi connectivity index (χ0v) is 16.9. The number of rotatable bonds is 5. The van der Waals surface area contributed by atoms with Gasteiger partial charge in [-0.3, -0.25) is 0 Å². The Morgan fingerprint density at radius 2 is 2.03 bits per heavy atom. The van der Waals surface area contributed by atoms with Crippen molar-refractivity contribution in [2.24, 2.45) is 0 Å². The number of benzene rings is 1. The smallest absolute Gasteiger partial charge is 0.159 e. The van der Waals surface area contributed by atoms with Gasteiger partial charge in [-0.25, -0.2) is 4.98 Å². The minimum Gasteiger partial charge on any atom is -0.504 e. The molecule has 5 rings (SSSR count). The normalized spacial score (nSPS) is 19.1. The number of methoxy groups -OCH3 is 1. The van der Waals surface area contributed by atoms with Crippen molar-refractivity contribution in [3.8, 4) is 11.5 Å². The van der Waals surface area contributed by atoms with Gasteiger partial charge in [0.05, 0.1) is 36.2 Å². The van der Waals surface area contributed by atoms with E-state index >= 15 is 0 Å². The number of aliphatic hydroxyl groups is 1. The third-order valence-corrected chi connectivity index (χ3v) is 6.21. The number of ether oxygens (including phenoxy) is 1. The molecule has 2 aliphatic heterocycles. The van der Waals surface area contributed by atoms with Crippen molar-refractivity contribution in [3.05, 3.63) is 71.1 Å².